The maximum Gasteiger partial charge on any atom is 0.408 e. The van der Waals surface area contributed by atoms with Gasteiger partial charge in [-0.1, -0.05) is 30.3 Å². The summed E-state index contributed by atoms with van der Waals surface area (Å²) in [5.41, 5.74) is 0.653. The Balaban J connectivity index is 2.02. The highest BCUT2D eigenvalue weighted by atomic mass is 16.6. The lowest BCUT2D eigenvalue weighted by Crippen LogP contribution is -2.66. The topological polar surface area (TPSA) is 221 Å². The minimum atomic E-state index is -1.84. The average Bonchev–Trinajstić information content (AvgIpc) is 2.81. The monoisotopic (exact) mass is 500 g/mol. The van der Waals surface area contributed by atoms with Gasteiger partial charge in [-0.2, -0.15) is 0 Å². The number of carbonyl (C=O) groups is 4. The van der Waals surface area contributed by atoms with Gasteiger partial charge in [0.1, 0.15) is 37.0 Å². The maximum atomic E-state index is 12.5. The molecular formula is C21H28N2O12. The van der Waals surface area contributed by atoms with Gasteiger partial charge >= 0.3 is 18.0 Å². The van der Waals surface area contributed by atoms with E-state index in [1.54, 1.807) is 30.3 Å². The molecule has 0 spiro atoms. The first kappa shape index (κ1) is 27.9. The zero-order valence-electron chi connectivity index (χ0n) is 18.6. The van der Waals surface area contributed by atoms with E-state index in [0.717, 1.165) is 6.92 Å². The second-order valence-corrected chi connectivity index (χ2v) is 7.71. The van der Waals surface area contributed by atoms with Crippen LogP contribution in [0, 0.1) is 0 Å². The van der Waals surface area contributed by atoms with Gasteiger partial charge in [-0.3, -0.25) is 4.79 Å². The van der Waals surface area contributed by atoms with Crippen LogP contribution in [0.1, 0.15) is 18.9 Å². The minimum absolute atomic E-state index is 0.137. The van der Waals surface area contributed by atoms with Crippen molar-refractivity contribution >= 4 is 23.9 Å². The molecule has 7 N–H and O–H groups in total. The highest BCUT2D eigenvalue weighted by Gasteiger charge is 2.47. The quantitative estimate of drug-likeness (QED) is 0.178. The van der Waals surface area contributed by atoms with E-state index >= 15 is 0 Å². The van der Waals surface area contributed by atoms with Crippen molar-refractivity contribution in [2.24, 2.45) is 0 Å². The van der Waals surface area contributed by atoms with Gasteiger partial charge in [0.15, 0.2) is 12.4 Å². The van der Waals surface area contributed by atoms with Crippen LogP contribution >= 0.6 is 0 Å². The van der Waals surface area contributed by atoms with Gasteiger partial charge in [0.25, 0.3) is 0 Å². The van der Waals surface area contributed by atoms with Crippen LogP contribution in [0.4, 0.5) is 4.79 Å². The molecule has 0 aliphatic carbocycles. The van der Waals surface area contributed by atoms with Gasteiger partial charge in [-0.25, -0.2) is 14.4 Å². The third-order valence-electron chi connectivity index (χ3n) is 5.10. The SMILES string of the molecule is C[C@@H](O[C@H]1[C@H](O)[C@@H](CO)OC(O)[C@@H]1NC(=O)C[C@H](NC(=O)OCc1ccccc1)C(=O)O)C(=O)O. The fraction of sp³-hybridized carbons (Fsp3) is 0.524. The second-order valence-electron chi connectivity index (χ2n) is 7.71. The molecule has 35 heavy (non-hydrogen) atoms. The Morgan fingerprint density at radius 3 is 2.31 bits per heavy atom. The number of rotatable bonds is 11. The molecule has 14 heteroatoms. The third-order valence-corrected chi connectivity index (χ3v) is 5.10. The highest BCUT2D eigenvalue weighted by Crippen LogP contribution is 2.24. The molecule has 1 heterocycles. The van der Waals surface area contributed by atoms with E-state index in [1.807, 2.05) is 5.32 Å². The van der Waals surface area contributed by atoms with E-state index in [9.17, 15) is 39.6 Å². The molecule has 1 saturated heterocycles. The molecule has 1 aliphatic rings. The van der Waals surface area contributed by atoms with Crippen molar-refractivity contribution in [3.8, 4) is 0 Å². The number of hydrogen-bond donors (Lipinski definition) is 7. The molecule has 0 saturated carbocycles. The van der Waals surface area contributed by atoms with Gasteiger partial charge in [-0.05, 0) is 12.5 Å². The summed E-state index contributed by atoms with van der Waals surface area (Å²) in [6, 6.07) is 5.33. The smallest absolute Gasteiger partial charge is 0.408 e. The van der Waals surface area contributed by atoms with Gasteiger partial charge < -0.3 is 50.4 Å². The first-order valence-corrected chi connectivity index (χ1v) is 10.5. The molecule has 194 valence electrons. The van der Waals surface area contributed by atoms with E-state index in [1.165, 1.54) is 0 Å². The molecule has 1 aromatic rings. The molecule has 1 aromatic carbocycles. The van der Waals surface area contributed by atoms with Crippen LogP contribution in [0.5, 0.6) is 0 Å². The van der Waals surface area contributed by atoms with Crippen LogP contribution in [0.3, 0.4) is 0 Å². The van der Waals surface area contributed by atoms with Gasteiger partial charge in [0, 0.05) is 0 Å². The summed E-state index contributed by atoms with van der Waals surface area (Å²) in [5, 5.41) is 52.6. The van der Waals surface area contributed by atoms with Crippen LogP contribution in [0.2, 0.25) is 0 Å². The van der Waals surface area contributed by atoms with Crippen molar-refractivity contribution < 1.29 is 58.9 Å². The van der Waals surface area contributed by atoms with Crippen LogP contribution in [0.15, 0.2) is 30.3 Å². The fourth-order valence-corrected chi connectivity index (χ4v) is 3.23. The predicted octanol–water partition coefficient (Wildman–Crippen LogP) is -1.83. The Kier molecular flexibility index (Phi) is 10.4. The number of alkyl carbamates (subject to hydrolysis) is 1. The first-order valence-electron chi connectivity index (χ1n) is 10.5. The largest absolute Gasteiger partial charge is 0.480 e. The molecule has 2 amide bonds. The summed E-state index contributed by atoms with van der Waals surface area (Å²) in [5.74, 6) is -3.95. The molecule has 7 atom stereocenters. The van der Waals surface area contributed by atoms with Crippen LogP contribution in [-0.4, -0.2) is 98.9 Å². The number of aliphatic hydroxyl groups is 3. The molecular weight excluding hydrogens is 472 g/mol. The van der Waals surface area contributed by atoms with Gasteiger partial charge in [-0.15, -0.1) is 0 Å². The fourth-order valence-electron chi connectivity index (χ4n) is 3.23. The normalized spacial score (nSPS) is 25.7. The van der Waals surface area contributed by atoms with E-state index in [2.05, 4.69) is 5.32 Å². The average molecular weight is 500 g/mol. The van der Waals surface area contributed by atoms with E-state index in [0.29, 0.717) is 5.56 Å². The van der Waals surface area contributed by atoms with Crippen molar-refractivity contribution in [1.82, 2.24) is 10.6 Å². The van der Waals surface area contributed by atoms with Crippen LogP contribution < -0.4 is 10.6 Å². The summed E-state index contributed by atoms with van der Waals surface area (Å²) < 4.78 is 15.2. The zero-order valence-corrected chi connectivity index (χ0v) is 18.6. The third kappa shape index (κ3) is 8.15. The number of nitrogens with one attached hydrogen (secondary N) is 2. The molecule has 0 aromatic heterocycles. The van der Waals surface area contributed by atoms with Crippen molar-refractivity contribution in [2.75, 3.05) is 6.61 Å². The van der Waals surface area contributed by atoms with Gasteiger partial charge in [0.05, 0.1) is 13.0 Å². The molecule has 0 bridgehead atoms. The highest BCUT2D eigenvalue weighted by molar-refractivity contribution is 5.87. The maximum absolute atomic E-state index is 12.5. The second kappa shape index (κ2) is 13.0. The number of hydrogen-bond acceptors (Lipinski definition) is 10. The number of benzene rings is 1. The lowest BCUT2D eigenvalue weighted by atomic mass is 9.96. The standard InChI is InChI=1S/C21H28N2O12/c1-10(18(27)28)34-17-15(20(31)35-13(8-24)16(17)26)23-14(25)7-12(19(29)30)22-21(32)33-9-11-5-3-2-4-6-11/h2-6,10,12-13,15-17,20,24,26,31H,7-9H2,1H3,(H,22,32)(H,23,25)(H,27,28)(H,29,30)/t10-,12+,13-,15-,16-,17-,20?/m1/s1. The number of ether oxygens (including phenoxy) is 3. The van der Waals surface area contributed by atoms with Crippen LogP contribution in [-0.2, 0) is 35.2 Å². The summed E-state index contributed by atoms with van der Waals surface area (Å²) in [7, 11) is 0. The number of carboxylic acid groups (broad SMARTS) is 2. The van der Waals surface area contributed by atoms with Crippen molar-refractivity contribution in [2.45, 2.75) is 62.7 Å². The molecule has 0 radical (unpaired) electrons. The Bertz CT molecular complexity index is 882. The molecule has 1 unspecified atom stereocenters. The number of carbonyl (C=O) groups excluding carboxylic acids is 2. The number of aliphatic hydroxyl groups excluding tert-OH is 3. The summed E-state index contributed by atoms with van der Waals surface area (Å²) in [6.07, 6.45) is -9.71. The number of aliphatic carboxylic acids is 2. The minimum Gasteiger partial charge on any atom is -0.480 e. The lowest BCUT2D eigenvalue weighted by Gasteiger charge is -2.43. The Morgan fingerprint density at radius 1 is 1.09 bits per heavy atom. The molecule has 1 aliphatic heterocycles. The Morgan fingerprint density at radius 2 is 1.74 bits per heavy atom. The summed E-state index contributed by atoms with van der Waals surface area (Å²) in [4.78, 5) is 47.2. The Labute approximate surface area is 199 Å². The molecule has 1 fully saturated rings. The molecule has 2 rings (SSSR count). The lowest BCUT2D eigenvalue weighted by molar-refractivity contribution is -0.267. The van der Waals surface area contributed by atoms with Gasteiger partial charge in [0.2, 0.25) is 5.91 Å². The summed E-state index contributed by atoms with van der Waals surface area (Å²) in [6.45, 7) is 0.271. The van der Waals surface area contributed by atoms with E-state index in [-0.39, 0.29) is 6.61 Å². The van der Waals surface area contributed by atoms with E-state index in [4.69, 9.17) is 19.3 Å². The Hall–Kier alpha value is -3.30. The number of carboxylic acids is 2. The number of amides is 2. The zero-order chi connectivity index (χ0) is 26.1. The van der Waals surface area contributed by atoms with Crippen molar-refractivity contribution in [3.63, 3.8) is 0 Å². The first-order chi connectivity index (χ1) is 16.5. The summed E-state index contributed by atoms with van der Waals surface area (Å²) >= 11 is 0. The molecule has 14 nitrogen and oxygen atoms in total. The van der Waals surface area contributed by atoms with Crippen LogP contribution in [0.25, 0.3) is 0 Å². The predicted molar refractivity (Wildman–Crippen MR) is 114 cm³/mol. The van der Waals surface area contributed by atoms with E-state index < -0.39 is 79.8 Å². The van der Waals surface area contributed by atoms with Crippen molar-refractivity contribution in [1.29, 1.82) is 0 Å². The van der Waals surface area contributed by atoms with Crippen molar-refractivity contribution in [3.05, 3.63) is 35.9 Å².